The molecule has 1 saturated heterocycles. The van der Waals surface area contributed by atoms with E-state index in [1.54, 1.807) is 30.3 Å². The molecule has 0 saturated carbocycles. The highest BCUT2D eigenvalue weighted by atomic mass is 32.2. The van der Waals surface area contributed by atoms with Crippen molar-refractivity contribution in [3.8, 4) is 0 Å². The summed E-state index contributed by atoms with van der Waals surface area (Å²) < 4.78 is 47.8. The van der Waals surface area contributed by atoms with Gasteiger partial charge in [-0.1, -0.05) is 12.1 Å². The number of nitrogens with one attached hydrogen (secondary N) is 1. The molecule has 2 heterocycles. The van der Waals surface area contributed by atoms with Crippen LogP contribution in [0.3, 0.4) is 0 Å². The fraction of sp³-hybridized carbons (Fsp3) is 0.273. The second-order valence-electron chi connectivity index (χ2n) is 7.61. The van der Waals surface area contributed by atoms with Gasteiger partial charge in [-0.15, -0.1) is 0 Å². The van der Waals surface area contributed by atoms with Gasteiger partial charge >= 0.3 is 0 Å². The Kier molecular flexibility index (Phi) is 6.72. The Bertz CT molecular complexity index is 1190. The molecule has 174 valence electrons. The van der Waals surface area contributed by atoms with E-state index in [1.165, 1.54) is 24.5 Å². The molecule has 1 atom stereocenters. The van der Waals surface area contributed by atoms with Gasteiger partial charge in [0.15, 0.2) is 0 Å². The van der Waals surface area contributed by atoms with Gasteiger partial charge < -0.3 is 9.32 Å². The van der Waals surface area contributed by atoms with Crippen molar-refractivity contribution in [1.29, 1.82) is 0 Å². The van der Waals surface area contributed by atoms with Gasteiger partial charge in [0.1, 0.15) is 11.6 Å². The molecule has 9 nitrogen and oxygen atoms in total. The summed E-state index contributed by atoms with van der Waals surface area (Å²) in [6.45, 7) is 2.37. The van der Waals surface area contributed by atoms with Crippen LogP contribution in [0.1, 0.15) is 11.8 Å². The van der Waals surface area contributed by atoms with Crippen LogP contribution in [0.5, 0.6) is 0 Å². The van der Waals surface area contributed by atoms with E-state index < -0.39 is 14.9 Å². The minimum atomic E-state index is -3.89. The average Bonchev–Trinajstić information content (AvgIpc) is 3.35. The largest absolute Gasteiger partial charge is 0.468 e. The zero-order chi connectivity index (χ0) is 23.4. The van der Waals surface area contributed by atoms with E-state index in [-0.39, 0.29) is 29.0 Å². The molecule has 0 amide bonds. The molecule has 1 N–H and O–H groups in total. The Balaban J connectivity index is 1.45. The lowest BCUT2D eigenvalue weighted by Crippen LogP contribution is -2.50. The van der Waals surface area contributed by atoms with Crippen LogP contribution in [0.25, 0.3) is 0 Å². The van der Waals surface area contributed by atoms with Gasteiger partial charge in [0, 0.05) is 44.9 Å². The van der Waals surface area contributed by atoms with Gasteiger partial charge in [-0.05, 0) is 36.4 Å². The molecule has 3 aromatic rings. The number of benzene rings is 2. The predicted octanol–water partition coefficient (Wildman–Crippen LogP) is 3.17. The van der Waals surface area contributed by atoms with E-state index in [0.717, 1.165) is 12.1 Å². The van der Waals surface area contributed by atoms with Gasteiger partial charge in [0.25, 0.3) is 5.69 Å². The number of non-ortho nitro benzene ring substituents is 1. The van der Waals surface area contributed by atoms with E-state index >= 15 is 0 Å². The molecule has 11 heteroatoms. The summed E-state index contributed by atoms with van der Waals surface area (Å²) in [5.74, 6) is 0.338. The van der Waals surface area contributed by atoms with Crippen LogP contribution in [0.2, 0.25) is 0 Å². The number of sulfonamides is 1. The molecule has 0 bridgehead atoms. The van der Waals surface area contributed by atoms with Crippen LogP contribution in [-0.2, 0) is 10.0 Å². The maximum absolute atomic E-state index is 14.2. The topological polar surface area (TPSA) is 109 Å². The van der Waals surface area contributed by atoms with Crippen molar-refractivity contribution in [3.05, 3.63) is 88.6 Å². The Hall–Kier alpha value is -3.28. The smallest absolute Gasteiger partial charge is 0.269 e. The third-order valence-corrected chi connectivity index (χ3v) is 7.08. The standard InChI is InChI=1S/C22H23FN4O5S/c23-19-4-1-2-5-20(19)25-11-13-26(14-12-25)21(22-6-3-15-32-22)16-24-33(30,31)18-9-7-17(8-10-18)27(28)29/h1-10,15,21,24H,11-14,16H2. The van der Waals surface area contributed by atoms with Crippen molar-refractivity contribution in [3.63, 3.8) is 0 Å². The quantitative estimate of drug-likeness (QED) is 0.395. The van der Waals surface area contributed by atoms with Gasteiger partial charge in [0.2, 0.25) is 10.0 Å². The SMILES string of the molecule is O=[N+]([O-])c1ccc(S(=O)(=O)NCC(c2ccco2)N2CCN(c3ccccc3F)CC2)cc1. The first-order valence-corrected chi connectivity index (χ1v) is 11.8. The molecular formula is C22H23FN4O5S. The number of halogens is 1. The third kappa shape index (κ3) is 5.21. The number of para-hydroxylation sites is 1. The Morgan fingerprint density at radius 3 is 2.33 bits per heavy atom. The number of nitro groups is 1. The van der Waals surface area contributed by atoms with E-state index in [4.69, 9.17) is 4.42 Å². The van der Waals surface area contributed by atoms with Gasteiger partial charge in [-0.25, -0.2) is 17.5 Å². The predicted molar refractivity (Wildman–Crippen MR) is 120 cm³/mol. The number of piperazine rings is 1. The maximum atomic E-state index is 14.2. The van der Waals surface area contributed by atoms with Gasteiger partial charge in [-0.3, -0.25) is 15.0 Å². The molecule has 0 spiro atoms. The van der Waals surface area contributed by atoms with Crippen LogP contribution in [0.15, 0.2) is 76.2 Å². The lowest BCUT2D eigenvalue weighted by molar-refractivity contribution is -0.384. The first-order valence-electron chi connectivity index (χ1n) is 10.4. The van der Waals surface area contributed by atoms with E-state index in [2.05, 4.69) is 9.62 Å². The monoisotopic (exact) mass is 474 g/mol. The molecule has 4 rings (SSSR count). The van der Waals surface area contributed by atoms with Crippen LogP contribution in [0, 0.1) is 15.9 Å². The van der Waals surface area contributed by atoms with Crippen LogP contribution >= 0.6 is 0 Å². The number of furan rings is 1. The summed E-state index contributed by atoms with van der Waals surface area (Å²) in [5, 5.41) is 10.8. The number of hydrogen-bond acceptors (Lipinski definition) is 7. The zero-order valence-corrected chi connectivity index (χ0v) is 18.4. The maximum Gasteiger partial charge on any atom is 0.269 e. The number of nitrogens with zero attached hydrogens (tertiary/aromatic N) is 3. The summed E-state index contributed by atoms with van der Waals surface area (Å²) in [7, 11) is -3.89. The minimum Gasteiger partial charge on any atom is -0.468 e. The first-order chi connectivity index (χ1) is 15.8. The number of hydrogen-bond donors (Lipinski definition) is 1. The van der Waals surface area contributed by atoms with Crippen LogP contribution in [0.4, 0.5) is 15.8 Å². The summed E-state index contributed by atoms with van der Waals surface area (Å²) in [6, 6.07) is 14.5. The lowest BCUT2D eigenvalue weighted by Gasteiger charge is -2.39. The normalized spacial score (nSPS) is 16.0. The van der Waals surface area contributed by atoms with Crippen molar-refractivity contribution in [1.82, 2.24) is 9.62 Å². The van der Waals surface area contributed by atoms with Crippen molar-refractivity contribution in [2.75, 3.05) is 37.6 Å². The van der Waals surface area contributed by atoms with Gasteiger partial charge in [0.05, 0.1) is 27.8 Å². The van der Waals surface area contributed by atoms with Crippen molar-refractivity contribution >= 4 is 21.4 Å². The molecule has 1 aliphatic rings. The molecular weight excluding hydrogens is 451 g/mol. The molecule has 1 aromatic heterocycles. The van der Waals surface area contributed by atoms with Crippen LogP contribution in [-0.4, -0.2) is 51.0 Å². The summed E-state index contributed by atoms with van der Waals surface area (Å²) in [5.41, 5.74) is 0.362. The second kappa shape index (κ2) is 9.69. The van der Waals surface area contributed by atoms with E-state index in [1.807, 2.05) is 4.90 Å². The molecule has 1 unspecified atom stereocenters. The Labute approximate surface area is 190 Å². The van der Waals surface area contributed by atoms with E-state index in [0.29, 0.717) is 37.6 Å². The fourth-order valence-corrected chi connectivity index (χ4v) is 4.93. The lowest BCUT2D eigenvalue weighted by atomic mass is 10.1. The summed E-state index contributed by atoms with van der Waals surface area (Å²) in [6.07, 6.45) is 1.53. The molecule has 0 radical (unpaired) electrons. The molecule has 33 heavy (non-hydrogen) atoms. The minimum absolute atomic E-state index is 0.0481. The highest BCUT2D eigenvalue weighted by Crippen LogP contribution is 2.26. The first kappa shape index (κ1) is 22.9. The van der Waals surface area contributed by atoms with Crippen molar-refractivity contribution in [2.24, 2.45) is 0 Å². The second-order valence-corrected chi connectivity index (χ2v) is 9.38. The van der Waals surface area contributed by atoms with Crippen LogP contribution < -0.4 is 9.62 Å². The average molecular weight is 475 g/mol. The fourth-order valence-electron chi connectivity index (χ4n) is 3.89. The summed E-state index contributed by atoms with van der Waals surface area (Å²) >= 11 is 0. The Morgan fingerprint density at radius 2 is 1.73 bits per heavy atom. The Morgan fingerprint density at radius 1 is 1.03 bits per heavy atom. The molecule has 2 aromatic carbocycles. The van der Waals surface area contributed by atoms with Crippen molar-refractivity contribution in [2.45, 2.75) is 10.9 Å². The molecule has 0 aliphatic carbocycles. The van der Waals surface area contributed by atoms with Crippen molar-refractivity contribution < 1.29 is 22.1 Å². The molecule has 1 fully saturated rings. The number of nitro benzene ring substituents is 1. The highest BCUT2D eigenvalue weighted by Gasteiger charge is 2.29. The third-order valence-electron chi connectivity index (χ3n) is 5.64. The van der Waals surface area contributed by atoms with Gasteiger partial charge in [-0.2, -0.15) is 0 Å². The number of rotatable bonds is 8. The summed E-state index contributed by atoms with van der Waals surface area (Å²) in [4.78, 5) is 14.2. The number of anilines is 1. The highest BCUT2D eigenvalue weighted by molar-refractivity contribution is 7.89. The van der Waals surface area contributed by atoms with E-state index in [9.17, 15) is 22.9 Å². The zero-order valence-electron chi connectivity index (χ0n) is 17.6. The molecule has 1 aliphatic heterocycles.